The molecule has 3 aliphatic rings. The lowest BCUT2D eigenvalue weighted by molar-refractivity contribution is -0.139. The maximum atomic E-state index is 12.5. The number of amides is 3. The Bertz CT molecular complexity index is 515. The van der Waals surface area contributed by atoms with Crippen molar-refractivity contribution in [2.45, 2.75) is 76.9 Å². The third-order valence-corrected chi connectivity index (χ3v) is 5.96. The van der Waals surface area contributed by atoms with E-state index in [1.165, 1.54) is 0 Å². The first-order valence-corrected chi connectivity index (χ1v) is 10.3. The van der Waals surface area contributed by atoms with Crippen LogP contribution in [0.25, 0.3) is 0 Å². The summed E-state index contributed by atoms with van der Waals surface area (Å²) >= 11 is 0. The van der Waals surface area contributed by atoms with Gasteiger partial charge >= 0.3 is 6.03 Å². The minimum Gasteiger partial charge on any atom is -0.375 e. The van der Waals surface area contributed by atoms with E-state index in [4.69, 9.17) is 4.74 Å². The predicted octanol–water partition coefficient (Wildman–Crippen LogP) is 2.77. The summed E-state index contributed by atoms with van der Waals surface area (Å²) in [7, 11) is 0. The van der Waals surface area contributed by atoms with Crippen molar-refractivity contribution >= 4 is 11.9 Å². The number of carbonyl (C=O) groups excluding carboxylic acids is 2. The molecule has 6 nitrogen and oxygen atoms in total. The second kappa shape index (κ2) is 7.75. The van der Waals surface area contributed by atoms with E-state index in [0.717, 1.165) is 71.3 Å². The Kier molecular flexibility index (Phi) is 5.80. The highest BCUT2D eigenvalue weighted by Gasteiger charge is 2.42. The lowest BCUT2D eigenvalue weighted by Crippen LogP contribution is -2.55. The van der Waals surface area contributed by atoms with Crippen LogP contribution in [0.4, 0.5) is 4.79 Å². The summed E-state index contributed by atoms with van der Waals surface area (Å²) in [5.41, 5.74) is -0.346. The minimum atomic E-state index is -0.214. The van der Waals surface area contributed by atoms with Crippen molar-refractivity contribution in [2.24, 2.45) is 5.92 Å². The fraction of sp³-hybridized carbons (Fsp3) is 0.900. The predicted molar refractivity (Wildman–Crippen MR) is 101 cm³/mol. The Hall–Kier alpha value is -1.30. The zero-order valence-corrected chi connectivity index (χ0v) is 16.7. The van der Waals surface area contributed by atoms with Gasteiger partial charge in [-0.25, -0.2) is 4.79 Å². The Morgan fingerprint density at radius 3 is 2.35 bits per heavy atom. The van der Waals surface area contributed by atoms with E-state index < -0.39 is 0 Å². The van der Waals surface area contributed by atoms with Gasteiger partial charge in [0, 0.05) is 44.7 Å². The maximum Gasteiger partial charge on any atom is 0.317 e. The maximum absolute atomic E-state index is 12.5. The molecule has 3 aliphatic heterocycles. The van der Waals surface area contributed by atoms with E-state index in [1.807, 2.05) is 30.6 Å². The number of ether oxygens (including phenoxy) is 1. The largest absolute Gasteiger partial charge is 0.375 e. The molecule has 0 radical (unpaired) electrons. The molecule has 3 rings (SSSR count). The van der Waals surface area contributed by atoms with E-state index in [1.54, 1.807) is 0 Å². The van der Waals surface area contributed by atoms with Crippen molar-refractivity contribution in [1.82, 2.24) is 15.1 Å². The molecule has 0 aromatic heterocycles. The molecular weight excluding hydrogens is 330 g/mol. The number of nitrogens with zero attached hydrogens (tertiary/aromatic N) is 2. The van der Waals surface area contributed by atoms with Crippen LogP contribution >= 0.6 is 0 Å². The van der Waals surface area contributed by atoms with Crippen LogP contribution in [0.5, 0.6) is 0 Å². The second-order valence-electron chi connectivity index (χ2n) is 9.35. The lowest BCUT2D eigenvalue weighted by Gasteiger charge is -2.46. The summed E-state index contributed by atoms with van der Waals surface area (Å²) < 4.78 is 6.19. The van der Waals surface area contributed by atoms with E-state index >= 15 is 0 Å². The van der Waals surface area contributed by atoms with Gasteiger partial charge in [0.25, 0.3) is 0 Å². The number of nitrogens with one attached hydrogen (secondary N) is 1. The summed E-state index contributed by atoms with van der Waals surface area (Å²) in [6.07, 6.45) is 6.65. The van der Waals surface area contributed by atoms with Gasteiger partial charge in [0.05, 0.1) is 5.60 Å². The van der Waals surface area contributed by atoms with Crippen molar-refractivity contribution < 1.29 is 14.3 Å². The van der Waals surface area contributed by atoms with Gasteiger partial charge in [0.1, 0.15) is 0 Å². The van der Waals surface area contributed by atoms with Crippen LogP contribution in [0.2, 0.25) is 0 Å². The summed E-state index contributed by atoms with van der Waals surface area (Å²) in [5.74, 6) is 0.748. The number of piperidine rings is 1. The molecule has 6 heteroatoms. The molecule has 0 aromatic rings. The van der Waals surface area contributed by atoms with Crippen LogP contribution in [0.1, 0.15) is 65.7 Å². The molecule has 0 saturated carbocycles. The normalized spacial score (nSPS) is 26.2. The topological polar surface area (TPSA) is 61.9 Å². The molecule has 3 saturated heterocycles. The quantitative estimate of drug-likeness (QED) is 0.818. The average Bonchev–Trinajstić information content (AvgIpc) is 3.08. The number of hydrogen-bond acceptors (Lipinski definition) is 3. The van der Waals surface area contributed by atoms with Crippen molar-refractivity contribution in [3.63, 3.8) is 0 Å². The Balaban J connectivity index is 1.50. The summed E-state index contributed by atoms with van der Waals surface area (Å²) in [4.78, 5) is 28.8. The molecule has 3 amide bonds. The fourth-order valence-corrected chi connectivity index (χ4v) is 4.51. The van der Waals surface area contributed by atoms with Crippen LogP contribution in [0.15, 0.2) is 0 Å². The molecule has 148 valence electrons. The van der Waals surface area contributed by atoms with Gasteiger partial charge in [-0.05, 0) is 65.2 Å². The zero-order chi connectivity index (χ0) is 18.8. The molecule has 1 unspecified atom stereocenters. The first-order chi connectivity index (χ1) is 12.3. The van der Waals surface area contributed by atoms with Crippen LogP contribution in [-0.4, -0.2) is 65.7 Å². The molecule has 0 aromatic carbocycles. The molecule has 1 atom stereocenters. The van der Waals surface area contributed by atoms with Crippen molar-refractivity contribution in [3.8, 4) is 0 Å². The summed E-state index contributed by atoms with van der Waals surface area (Å²) in [5, 5.41) is 3.04. The smallest absolute Gasteiger partial charge is 0.317 e. The van der Waals surface area contributed by atoms with Gasteiger partial charge in [0.2, 0.25) is 5.91 Å². The number of rotatable bonds is 2. The second-order valence-corrected chi connectivity index (χ2v) is 9.35. The fourth-order valence-electron chi connectivity index (χ4n) is 4.51. The number of urea groups is 1. The highest BCUT2D eigenvalue weighted by molar-refractivity contribution is 5.76. The van der Waals surface area contributed by atoms with Gasteiger partial charge < -0.3 is 19.9 Å². The standard InChI is InChI=1S/C20H35N3O3/c1-19(2,3)21-18(25)23-11-7-20(8-12-23)15-16(6-13-26-20)14-17(24)22-9-4-5-10-22/h16H,4-15H2,1-3H3,(H,21,25). The molecule has 3 heterocycles. The van der Waals surface area contributed by atoms with Crippen molar-refractivity contribution in [2.75, 3.05) is 32.8 Å². The number of hydrogen-bond donors (Lipinski definition) is 1. The number of likely N-dealkylation sites (tertiary alicyclic amines) is 2. The van der Waals surface area contributed by atoms with E-state index in [2.05, 4.69) is 5.32 Å². The van der Waals surface area contributed by atoms with Crippen LogP contribution < -0.4 is 5.32 Å². The van der Waals surface area contributed by atoms with Gasteiger partial charge in [-0.2, -0.15) is 0 Å². The van der Waals surface area contributed by atoms with E-state index in [-0.39, 0.29) is 17.2 Å². The first kappa shape index (κ1) is 19.5. The molecule has 1 spiro atoms. The van der Waals surface area contributed by atoms with Crippen molar-refractivity contribution in [3.05, 3.63) is 0 Å². The highest BCUT2D eigenvalue weighted by Crippen LogP contribution is 2.39. The molecule has 0 aliphatic carbocycles. The monoisotopic (exact) mass is 365 g/mol. The first-order valence-electron chi connectivity index (χ1n) is 10.3. The molecular formula is C20H35N3O3. The average molecular weight is 366 g/mol. The molecule has 26 heavy (non-hydrogen) atoms. The minimum absolute atomic E-state index is 0.0175. The van der Waals surface area contributed by atoms with Crippen LogP contribution in [-0.2, 0) is 9.53 Å². The highest BCUT2D eigenvalue weighted by atomic mass is 16.5. The van der Waals surface area contributed by atoms with E-state index in [0.29, 0.717) is 18.2 Å². The van der Waals surface area contributed by atoms with E-state index in [9.17, 15) is 9.59 Å². The third-order valence-electron chi connectivity index (χ3n) is 5.96. The SMILES string of the molecule is CC(C)(C)NC(=O)N1CCC2(CC1)CC(CC(=O)N1CCCC1)CCO2. The third kappa shape index (κ3) is 4.90. The summed E-state index contributed by atoms with van der Waals surface area (Å²) in [6, 6.07) is 0.0175. The zero-order valence-electron chi connectivity index (χ0n) is 16.7. The Morgan fingerprint density at radius 1 is 1.08 bits per heavy atom. The lowest BCUT2D eigenvalue weighted by atomic mass is 9.78. The Morgan fingerprint density at radius 2 is 1.73 bits per heavy atom. The molecule has 1 N–H and O–H groups in total. The molecule has 3 fully saturated rings. The van der Waals surface area contributed by atoms with Crippen LogP contribution in [0, 0.1) is 5.92 Å². The van der Waals surface area contributed by atoms with Gasteiger partial charge in [-0.15, -0.1) is 0 Å². The van der Waals surface area contributed by atoms with Gasteiger partial charge in [-0.1, -0.05) is 0 Å². The van der Waals surface area contributed by atoms with Crippen molar-refractivity contribution in [1.29, 1.82) is 0 Å². The van der Waals surface area contributed by atoms with Crippen LogP contribution in [0.3, 0.4) is 0 Å². The Labute approximate surface area is 157 Å². The molecule has 0 bridgehead atoms. The number of carbonyl (C=O) groups is 2. The summed E-state index contributed by atoms with van der Waals surface area (Å²) in [6.45, 7) is 10.1. The van der Waals surface area contributed by atoms with Gasteiger partial charge in [0.15, 0.2) is 0 Å². The van der Waals surface area contributed by atoms with Gasteiger partial charge in [-0.3, -0.25) is 4.79 Å².